The maximum Gasteiger partial charge on any atom is 0.252 e. The van der Waals surface area contributed by atoms with Gasteiger partial charge in [-0.25, -0.2) is 13.4 Å². The second-order valence-electron chi connectivity index (χ2n) is 7.90. The Bertz CT molecular complexity index is 1400. The number of aromatic amines is 1. The third-order valence-electron chi connectivity index (χ3n) is 5.73. The number of fused-ring (bicyclic) bond motifs is 1. The highest BCUT2D eigenvalue weighted by Gasteiger charge is 2.34. The van der Waals surface area contributed by atoms with Crippen LogP contribution in [0.25, 0.3) is 22.4 Å². The Labute approximate surface area is 200 Å². The molecule has 170 valence electrons. The lowest BCUT2D eigenvalue weighted by atomic mass is 9.98. The number of carbonyl (C=O) groups excluding carboxylic acids is 1. The molecule has 1 amide bonds. The van der Waals surface area contributed by atoms with E-state index in [1.54, 1.807) is 6.07 Å². The molecular weight excluding hydrogens is 480 g/mol. The van der Waals surface area contributed by atoms with Crippen molar-refractivity contribution in [2.75, 3.05) is 18.4 Å². The molecule has 33 heavy (non-hydrogen) atoms. The summed E-state index contributed by atoms with van der Waals surface area (Å²) in [6.07, 6.45) is 1.23. The van der Waals surface area contributed by atoms with E-state index in [1.807, 2.05) is 48.5 Å². The standard InChI is InChI=1S/C23H21ClN4O3S2/c24-20-11-12-21(32-20)33(30,31)28-13-5-6-15(14-28)23(29)27-17-8-2-1-7-16(17)22-25-18-9-3-4-10-19(18)26-22/h1-4,7-12,15H,5-6,13-14H2,(H,25,26)(H,27,29). The molecule has 0 bridgehead atoms. The van der Waals surface area contributed by atoms with Crippen LogP contribution in [0.5, 0.6) is 0 Å². The number of thiophene rings is 1. The molecule has 7 nitrogen and oxygen atoms in total. The van der Waals surface area contributed by atoms with Crippen molar-refractivity contribution in [2.24, 2.45) is 5.92 Å². The van der Waals surface area contributed by atoms with Crippen LogP contribution in [0, 0.1) is 5.92 Å². The maximum atomic E-state index is 13.2. The number of nitrogens with zero attached hydrogens (tertiary/aromatic N) is 2. The fourth-order valence-electron chi connectivity index (χ4n) is 4.05. The smallest absolute Gasteiger partial charge is 0.252 e. The molecule has 3 heterocycles. The molecule has 0 aliphatic carbocycles. The number of halogens is 1. The Morgan fingerprint density at radius 1 is 1.12 bits per heavy atom. The average molecular weight is 501 g/mol. The number of para-hydroxylation sites is 3. The number of piperidine rings is 1. The van der Waals surface area contributed by atoms with Crippen LogP contribution < -0.4 is 5.32 Å². The minimum Gasteiger partial charge on any atom is -0.338 e. The second kappa shape index (κ2) is 8.90. The number of H-pyrrole nitrogens is 1. The minimum absolute atomic E-state index is 0.135. The predicted molar refractivity (Wildman–Crippen MR) is 131 cm³/mol. The number of hydrogen-bond donors (Lipinski definition) is 2. The van der Waals surface area contributed by atoms with Crippen molar-refractivity contribution >= 4 is 55.6 Å². The van der Waals surface area contributed by atoms with E-state index in [2.05, 4.69) is 15.3 Å². The molecule has 0 saturated carbocycles. The van der Waals surface area contributed by atoms with E-state index in [0.717, 1.165) is 27.9 Å². The summed E-state index contributed by atoms with van der Waals surface area (Å²) in [5.41, 5.74) is 3.16. The molecule has 0 spiro atoms. The van der Waals surface area contributed by atoms with Crippen molar-refractivity contribution in [2.45, 2.75) is 17.1 Å². The van der Waals surface area contributed by atoms with Crippen LogP contribution in [0.2, 0.25) is 4.34 Å². The summed E-state index contributed by atoms with van der Waals surface area (Å²) in [5, 5.41) is 3.00. The van der Waals surface area contributed by atoms with Crippen LogP contribution in [-0.2, 0) is 14.8 Å². The average Bonchev–Trinajstić information content (AvgIpc) is 3.46. The van der Waals surface area contributed by atoms with Crippen molar-refractivity contribution in [1.82, 2.24) is 14.3 Å². The van der Waals surface area contributed by atoms with Gasteiger partial charge in [-0.05, 0) is 49.2 Å². The van der Waals surface area contributed by atoms with Gasteiger partial charge in [-0.15, -0.1) is 11.3 Å². The Kier molecular flexibility index (Phi) is 5.96. The lowest BCUT2D eigenvalue weighted by Crippen LogP contribution is -2.43. The van der Waals surface area contributed by atoms with Crippen LogP contribution >= 0.6 is 22.9 Å². The van der Waals surface area contributed by atoms with E-state index in [-0.39, 0.29) is 16.7 Å². The Morgan fingerprint density at radius 2 is 1.91 bits per heavy atom. The molecule has 0 radical (unpaired) electrons. The van der Waals surface area contributed by atoms with Crippen molar-refractivity contribution in [3.8, 4) is 11.4 Å². The van der Waals surface area contributed by atoms with Gasteiger partial charge in [-0.1, -0.05) is 35.9 Å². The number of carbonyl (C=O) groups is 1. The monoisotopic (exact) mass is 500 g/mol. The highest BCUT2D eigenvalue weighted by atomic mass is 35.5. The molecule has 1 unspecified atom stereocenters. The zero-order valence-electron chi connectivity index (χ0n) is 17.5. The van der Waals surface area contributed by atoms with Gasteiger partial charge in [0.15, 0.2) is 0 Å². The summed E-state index contributed by atoms with van der Waals surface area (Å²) in [6.45, 7) is 0.522. The molecule has 2 aromatic carbocycles. The Balaban J connectivity index is 1.36. The van der Waals surface area contributed by atoms with Crippen LogP contribution in [0.15, 0.2) is 64.9 Å². The van der Waals surface area contributed by atoms with Crippen molar-refractivity contribution in [1.29, 1.82) is 0 Å². The summed E-state index contributed by atoms with van der Waals surface area (Å²) in [5.74, 6) is 0.00452. The molecule has 1 aliphatic heterocycles. The Hall–Kier alpha value is -2.72. The molecule has 2 aromatic heterocycles. The molecule has 10 heteroatoms. The number of benzene rings is 2. The van der Waals surface area contributed by atoms with Gasteiger partial charge in [0, 0.05) is 18.7 Å². The van der Waals surface area contributed by atoms with E-state index in [9.17, 15) is 13.2 Å². The van der Waals surface area contributed by atoms with E-state index in [0.29, 0.717) is 35.2 Å². The largest absolute Gasteiger partial charge is 0.338 e. The number of imidazole rings is 1. The van der Waals surface area contributed by atoms with Crippen LogP contribution in [0.4, 0.5) is 5.69 Å². The predicted octanol–water partition coefficient (Wildman–Crippen LogP) is 4.98. The van der Waals surface area contributed by atoms with Gasteiger partial charge in [-0.2, -0.15) is 4.31 Å². The third-order valence-corrected chi connectivity index (χ3v) is 9.29. The van der Waals surface area contributed by atoms with Gasteiger partial charge in [-0.3, -0.25) is 4.79 Å². The third kappa shape index (κ3) is 4.41. The zero-order chi connectivity index (χ0) is 23.0. The molecule has 1 fully saturated rings. The molecule has 2 N–H and O–H groups in total. The molecule has 1 saturated heterocycles. The number of rotatable bonds is 5. The summed E-state index contributed by atoms with van der Waals surface area (Å²) < 4.78 is 28.0. The van der Waals surface area contributed by atoms with Crippen molar-refractivity contribution < 1.29 is 13.2 Å². The fraction of sp³-hybridized carbons (Fsp3) is 0.217. The van der Waals surface area contributed by atoms with Crippen LogP contribution in [0.3, 0.4) is 0 Å². The molecule has 1 aliphatic rings. The van der Waals surface area contributed by atoms with E-state index < -0.39 is 15.9 Å². The molecule has 4 aromatic rings. The first-order chi connectivity index (χ1) is 15.9. The first-order valence-electron chi connectivity index (χ1n) is 10.5. The first kappa shape index (κ1) is 22.1. The number of aromatic nitrogens is 2. The van der Waals surface area contributed by atoms with Crippen LogP contribution in [0.1, 0.15) is 12.8 Å². The van der Waals surface area contributed by atoms with Crippen molar-refractivity contribution in [3.05, 3.63) is 65.0 Å². The summed E-state index contributed by atoms with van der Waals surface area (Å²) in [4.78, 5) is 21.1. The highest BCUT2D eigenvalue weighted by molar-refractivity contribution is 7.91. The molecule has 5 rings (SSSR count). The summed E-state index contributed by atoms with van der Waals surface area (Å²) >= 11 is 6.96. The highest BCUT2D eigenvalue weighted by Crippen LogP contribution is 2.32. The van der Waals surface area contributed by atoms with Gasteiger partial charge in [0.2, 0.25) is 5.91 Å². The van der Waals surface area contributed by atoms with Gasteiger partial charge in [0.25, 0.3) is 10.0 Å². The number of hydrogen-bond acceptors (Lipinski definition) is 5. The fourth-order valence-corrected chi connectivity index (χ4v) is 7.21. The molecular formula is C23H21ClN4O3S2. The minimum atomic E-state index is -3.67. The number of nitrogens with one attached hydrogen (secondary N) is 2. The molecule has 1 atom stereocenters. The number of anilines is 1. The van der Waals surface area contributed by atoms with E-state index in [4.69, 9.17) is 11.6 Å². The first-order valence-corrected chi connectivity index (χ1v) is 13.2. The zero-order valence-corrected chi connectivity index (χ0v) is 19.9. The number of amides is 1. The summed E-state index contributed by atoms with van der Waals surface area (Å²) in [7, 11) is -3.67. The lowest BCUT2D eigenvalue weighted by Gasteiger charge is -2.30. The van der Waals surface area contributed by atoms with Gasteiger partial charge in [0.1, 0.15) is 10.0 Å². The van der Waals surface area contributed by atoms with Gasteiger partial charge < -0.3 is 10.3 Å². The van der Waals surface area contributed by atoms with E-state index in [1.165, 1.54) is 10.4 Å². The number of sulfonamides is 1. The topological polar surface area (TPSA) is 95.2 Å². The second-order valence-corrected chi connectivity index (χ2v) is 11.8. The van der Waals surface area contributed by atoms with Gasteiger partial charge >= 0.3 is 0 Å². The summed E-state index contributed by atoms with van der Waals surface area (Å²) in [6, 6.07) is 18.3. The van der Waals surface area contributed by atoms with E-state index >= 15 is 0 Å². The lowest BCUT2D eigenvalue weighted by molar-refractivity contribution is -0.120. The SMILES string of the molecule is O=C(Nc1ccccc1-c1nc2ccccc2[nH]1)C1CCCN(S(=O)(=O)c2ccc(Cl)s2)C1. The van der Waals surface area contributed by atoms with Crippen LogP contribution in [-0.4, -0.2) is 41.7 Å². The van der Waals surface area contributed by atoms with Crippen molar-refractivity contribution in [3.63, 3.8) is 0 Å². The normalized spacial score (nSPS) is 17.3. The quantitative estimate of drug-likeness (QED) is 0.404. The van der Waals surface area contributed by atoms with Gasteiger partial charge in [0.05, 0.1) is 27.0 Å². The maximum absolute atomic E-state index is 13.2. The Morgan fingerprint density at radius 3 is 2.70 bits per heavy atom.